The van der Waals surface area contributed by atoms with Gasteiger partial charge in [0.2, 0.25) is 0 Å². The maximum atomic E-state index is 9.60. The van der Waals surface area contributed by atoms with Crippen molar-refractivity contribution in [3.05, 3.63) is 12.2 Å². The zero-order valence-electron chi connectivity index (χ0n) is 7.26. The Labute approximate surface area is 102 Å². The van der Waals surface area contributed by atoms with Gasteiger partial charge in [0.05, 0.1) is 0 Å². The Balaban J connectivity index is 0. The first-order valence-corrected chi connectivity index (χ1v) is 5.86. The van der Waals surface area contributed by atoms with Gasteiger partial charge in [-0.2, -0.15) is 0 Å². The van der Waals surface area contributed by atoms with Crippen LogP contribution in [-0.4, -0.2) is 66.6 Å². The van der Waals surface area contributed by atoms with Crippen molar-refractivity contribution in [2.75, 3.05) is 6.54 Å². The molecule has 0 saturated carbocycles. The molecule has 3 N–H and O–H groups in total. The number of carbonyl (C=O) groups is 1. The standard InChI is InChI=1S/C4H6O2.C3H8N.K/c1-3(2)4(5)6;1-2-3-4;/h1H2,2H3,(H,5,6);1-4H2;. The van der Waals surface area contributed by atoms with Gasteiger partial charge in [-0.25, -0.2) is 4.79 Å². The van der Waals surface area contributed by atoms with Gasteiger partial charge in [0, 0.05) is 5.57 Å². The summed E-state index contributed by atoms with van der Waals surface area (Å²) in [6.45, 7) is 5.49. The van der Waals surface area contributed by atoms with E-state index in [1.54, 1.807) is 0 Å². The predicted molar refractivity (Wildman–Crippen MR) is 46.7 cm³/mol. The number of hydrogen-bond acceptors (Lipinski definition) is 2. The topological polar surface area (TPSA) is 63.3 Å². The third kappa shape index (κ3) is 18.1. The number of carboxylic acids is 1. The molecule has 0 spiro atoms. The molecule has 0 bridgehead atoms. The van der Waals surface area contributed by atoms with E-state index >= 15 is 0 Å². The summed E-state index contributed by atoms with van der Waals surface area (Å²) in [6, 6.07) is 0. The van der Waals surface area contributed by atoms with Gasteiger partial charge in [-0.1, -0.05) is 6.58 Å². The molecule has 0 amide bonds. The Morgan fingerprint density at radius 2 is 2.09 bits per heavy atom. The van der Waals surface area contributed by atoms with E-state index in [0.29, 0.717) is 0 Å². The Hall–Kier alpha value is 0.806. The number of rotatable bonds is 3. The van der Waals surface area contributed by atoms with E-state index in [4.69, 9.17) is 10.8 Å². The van der Waals surface area contributed by atoms with Crippen LogP contribution in [0.4, 0.5) is 0 Å². The van der Waals surface area contributed by atoms with Crippen LogP contribution in [0.1, 0.15) is 13.3 Å². The van der Waals surface area contributed by atoms with Crippen LogP contribution in [0.2, 0.25) is 0.515 Å². The molecule has 60 valence electrons. The molecule has 0 heterocycles. The minimum atomic E-state index is -0.935. The van der Waals surface area contributed by atoms with Crippen molar-refractivity contribution in [3.63, 3.8) is 0 Å². The van der Waals surface area contributed by atoms with Gasteiger partial charge < -0.3 is 5.11 Å². The Bertz CT molecular complexity index is 112. The molecule has 0 fully saturated rings. The first-order valence-electron chi connectivity index (χ1n) is 3.65. The number of carboxylic acid groups (broad SMARTS) is 1. The monoisotopic (exact) mass is 183 g/mol. The summed E-state index contributed by atoms with van der Waals surface area (Å²) in [6.07, 6.45) is 1.25. The predicted octanol–water partition coefficient (Wildman–Crippen LogP) is 0.569. The summed E-state index contributed by atoms with van der Waals surface area (Å²) in [4.78, 5) is 9.60. The molecule has 0 aliphatic rings. The molecule has 0 aromatic carbocycles. The number of aliphatic carboxylic acids is 1. The fraction of sp³-hybridized carbons (Fsp3) is 0.571. The SMILES string of the molecule is C=C(C)C(=O)O.NCC[CH2][K]. The average Bonchev–Trinajstić information content (AvgIpc) is 1.90. The zero-order chi connectivity index (χ0) is 9.28. The van der Waals surface area contributed by atoms with Gasteiger partial charge in [-0.3, -0.25) is 0 Å². The number of hydrogen-bond donors (Lipinski definition) is 2. The molecule has 0 aliphatic heterocycles. The summed E-state index contributed by atoms with van der Waals surface area (Å²) in [7, 11) is 0. The number of nitrogens with two attached hydrogens (primary N) is 1. The molecule has 11 heavy (non-hydrogen) atoms. The molecular formula is C7H14KNO2. The summed E-state index contributed by atoms with van der Waals surface area (Å²) in [5.74, 6) is -0.935. The molecule has 0 aromatic rings. The molecular weight excluding hydrogens is 169 g/mol. The van der Waals surface area contributed by atoms with E-state index in [9.17, 15) is 4.79 Å². The van der Waals surface area contributed by atoms with Crippen LogP contribution < -0.4 is 5.73 Å². The second-order valence-electron chi connectivity index (χ2n) is 2.23. The van der Waals surface area contributed by atoms with Crippen molar-refractivity contribution >= 4 is 54.9 Å². The van der Waals surface area contributed by atoms with Gasteiger partial charge >= 0.3 is 74.1 Å². The Morgan fingerprint density at radius 1 is 1.73 bits per heavy atom. The molecule has 0 saturated heterocycles. The molecule has 4 heteroatoms. The Kier molecular flexibility index (Phi) is 14.1. The summed E-state index contributed by atoms with van der Waals surface area (Å²) < 4.78 is 1.41. The van der Waals surface area contributed by atoms with Crippen LogP contribution in [0.5, 0.6) is 0 Å². The van der Waals surface area contributed by atoms with Crippen molar-refractivity contribution in [1.82, 2.24) is 0 Å². The van der Waals surface area contributed by atoms with Gasteiger partial charge in [0.15, 0.2) is 0 Å². The van der Waals surface area contributed by atoms with E-state index in [2.05, 4.69) is 6.58 Å². The van der Waals surface area contributed by atoms with Gasteiger partial charge in [0.25, 0.3) is 0 Å². The van der Waals surface area contributed by atoms with Crippen molar-refractivity contribution in [1.29, 1.82) is 0 Å². The minimum absolute atomic E-state index is 0.176. The van der Waals surface area contributed by atoms with E-state index in [1.165, 1.54) is 13.9 Å². The molecule has 0 aliphatic carbocycles. The first-order chi connectivity index (χ1) is 5.06. The Morgan fingerprint density at radius 3 is 2.09 bits per heavy atom. The van der Waals surface area contributed by atoms with Crippen LogP contribution in [-0.2, 0) is 4.79 Å². The molecule has 0 unspecified atom stereocenters. The van der Waals surface area contributed by atoms with Crippen LogP contribution in [0.25, 0.3) is 0 Å². The quantitative estimate of drug-likeness (QED) is 0.496. The normalized spacial score (nSPS) is 8.00. The maximum absolute atomic E-state index is 9.60. The second-order valence-corrected chi connectivity index (χ2v) is 3.79. The van der Waals surface area contributed by atoms with Gasteiger partial charge in [0.1, 0.15) is 0 Å². The fourth-order valence-corrected chi connectivity index (χ4v) is 0.842. The second kappa shape index (κ2) is 10.8. The van der Waals surface area contributed by atoms with E-state index in [1.807, 2.05) is 0 Å². The molecule has 0 aromatic heterocycles. The van der Waals surface area contributed by atoms with E-state index in [0.717, 1.165) is 55.5 Å². The zero-order valence-corrected chi connectivity index (χ0v) is 10.4. The van der Waals surface area contributed by atoms with E-state index < -0.39 is 5.97 Å². The van der Waals surface area contributed by atoms with Gasteiger partial charge in [-0.15, -0.1) is 0 Å². The van der Waals surface area contributed by atoms with Gasteiger partial charge in [-0.05, 0) is 6.92 Å². The van der Waals surface area contributed by atoms with Crippen LogP contribution in [0, 0.1) is 0 Å². The van der Waals surface area contributed by atoms with Crippen molar-refractivity contribution in [2.45, 2.75) is 13.9 Å². The molecule has 0 atom stereocenters. The average molecular weight is 183 g/mol. The fourth-order valence-electron chi connectivity index (χ4n) is 0.204. The third-order valence-electron chi connectivity index (χ3n) is 0.923. The van der Waals surface area contributed by atoms with Crippen molar-refractivity contribution in [2.24, 2.45) is 5.73 Å². The van der Waals surface area contributed by atoms with Crippen LogP contribution in [0.3, 0.4) is 0 Å². The van der Waals surface area contributed by atoms with Crippen molar-refractivity contribution in [3.8, 4) is 0 Å². The summed E-state index contributed by atoms with van der Waals surface area (Å²) >= 11 is 1.03. The van der Waals surface area contributed by atoms with Crippen LogP contribution >= 0.6 is 0 Å². The summed E-state index contributed by atoms with van der Waals surface area (Å²) in [5.41, 5.74) is 5.34. The summed E-state index contributed by atoms with van der Waals surface area (Å²) in [5, 5.41) is 7.89. The third-order valence-corrected chi connectivity index (χ3v) is 2.03. The van der Waals surface area contributed by atoms with Crippen molar-refractivity contribution < 1.29 is 9.90 Å². The molecule has 0 radical (unpaired) electrons. The molecule has 0 rings (SSSR count). The van der Waals surface area contributed by atoms with Crippen LogP contribution in [0.15, 0.2) is 12.2 Å². The van der Waals surface area contributed by atoms with E-state index in [-0.39, 0.29) is 5.57 Å². The molecule has 3 nitrogen and oxygen atoms in total. The first kappa shape index (κ1) is 14.3.